The predicted molar refractivity (Wildman–Crippen MR) is 95.3 cm³/mol. The molecule has 0 unspecified atom stereocenters. The average Bonchev–Trinajstić information content (AvgIpc) is 2.86. The maximum Gasteiger partial charge on any atom is 0.316 e. The van der Waals surface area contributed by atoms with Crippen molar-refractivity contribution in [1.29, 1.82) is 0 Å². The fraction of sp³-hybridized carbons (Fsp3) is 0.467. The first-order valence-electron chi connectivity index (χ1n) is 7.29. The van der Waals surface area contributed by atoms with Crippen LogP contribution < -0.4 is 5.32 Å². The largest absolute Gasteiger partial charge is 0.455 e. The van der Waals surface area contributed by atoms with E-state index in [4.69, 9.17) is 16.3 Å². The number of anilines is 1. The van der Waals surface area contributed by atoms with Crippen LogP contribution in [0.2, 0.25) is 5.02 Å². The monoisotopic (exact) mass is 391 g/mol. The Morgan fingerprint density at radius 3 is 2.79 bits per heavy atom. The second-order valence-corrected chi connectivity index (χ2v) is 9.43. The predicted octanol–water partition coefficient (Wildman–Crippen LogP) is 2.05. The molecule has 6 nitrogen and oxygen atoms in total. The molecule has 0 bridgehead atoms. The van der Waals surface area contributed by atoms with E-state index in [2.05, 4.69) is 5.32 Å². The Kier molecular flexibility index (Phi) is 6.54. The van der Waals surface area contributed by atoms with Crippen LogP contribution in [0.1, 0.15) is 12.0 Å². The number of sulfone groups is 1. The lowest BCUT2D eigenvalue weighted by molar-refractivity contribution is -0.144. The normalized spacial score (nSPS) is 19.0. The number of nitrogens with one attached hydrogen (secondary N) is 1. The van der Waals surface area contributed by atoms with Gasteiger partial charge in [-0.15, -0.1) is 11.8 Å². The molecule has 1 fully saturated rings. The Hall–Kier alpha value is -1.25. The van der Waals surface area contributed by atoms with Gasteiger partial charge in [0.05, 0.1) is 17.3 Å². The van der Waals surface area contributed by atoms with Gasteiger partial charge in [-0.1, -0.05) is 17.7 Å². The summed E-state index contributed by atoms with van der Waals surface area (Å²) in [6, 6.07) is 5.10. The number of halogens is 1. The molecule has 24 heavy (non-hydrogen) atoms. The van der Waals surface area contributed by atoms with Gasteiger partial charge in [0, 0.05) is 16.0 Å². The van der Waals surface area contributed by atoms with Crippen molar-refractivity contribution in [3.05, 3.63) is 28.8 Å². The van der Waals surface area contributed by atoms with Crippen molar-refractivity contribution in [3.63, 3.8) is 0 Å². The van der Waals surface area contributed by atoms with E-state index in [0.717, 1.165) is 5.56 Å². The summed E-state index contributed by atoms with van der Waals surface area (Å²) in [5.41, 5.74) is 1.42. The molecule has 1 aliphatic rings. The molecule has 2 rings (SSSR count). The number of hydrogen-bond acceptors (Lipinski definition) is 6. The van der Waals surface area contributed by atoms with Gasteiger partial charge in [-0.25, -0.2) is 8.42 Å². The number of esters is 1. The molecule has 1 aromatic carbocycles. The molecule has 0 aliphatic carbocycles. The molecular weight excluding hydrogens is 374 g/mol. The van der Waals surface area contributed by atoms with Crippen LogP contribution in [0.4, 0.5) is 5.69 Å². The molecule has 0 aromatic heterocycles. The quantitative estimate of drug-likeness (QED) is 0.746. The minimum Gasteiger partial charge on any atom is -0.455 e. The van der Waals surface area contributed by atoms with Crippen molar-refractivity contribution >= 4 is 50.8 Å². The van der Waals surface area contributed by atoms with Gasteiger partial charge in [-0.05, 0) is 31.0 Å². The van der Waals surface area contributed by atoms with Crippen LogP contribution in [0.25, 0.3) is 0 Å². The summed E-state index contributed by atoms with van der Waals surface area (Å²) in [5, 5.41) is 3.04. The van der Waals surface area contributed by atoms with E-state index in [0.29, 0.717) is 17.1 Å². The Labute approximate surface area is 150 Å². The molecule has 1 heterocycles. The van der Waals surface area contributed by atoms with Crippen LogP contribution >= 0.6 is 23.4 Å². The molecule has 1 amide bonds. The van der Waals surface area contributed by atoms with Gasteiger partial charge in [0.15, 0.2) is 16.4 Å². The van der Waals surface area contributed by atoms with Crippen LogP contribution in [0.5, 0.6) is 0 Å². The lowest BCUT2D eigenvalue weighted by Gasteiger charge is -2.09. The van der Waals surface area contributed by atoms with Gasteiger partial charge in [-0.2, -0.15) is 0 Å². The number of thioether (sulfide) groups is 1. The molecule has 1 atom stereocenters. The highest BCUT2D eigenvalue weighted by atomic mass is 35.5. The molecule has 1 N–H and O–H groups in total. The lowest BCUT2D eigenvalue weighted by Crippen LogP contribution is -2.22. The number of aryl methyl sites for hydroxylation is 1. The smallest absolute Gasteiger partial charge is 0.316 e. The summed E-state index contributed by atoms with van der Waals surface area (Å²) in [4.78, 5) is 23.4. The van der Waals surface area contributed by atoms with Crippen LogP contribution in [0.3, 0.4) is 0 Å². The van der Waals surface area contributed by atoms with E-state index in [1.54, 1.807) is 18.2 Å². The standard InChI is InChI=1S/C15H18ClNO5S2/c1-10-2-3-11(6-13(10)16)17-14(18)7-22-15(19)8-23-12-4-5-24(20,21)9-12/h2-3,6,12H,4-5,7-9H2,1H3,(H,17,18)/t12-/m0/s1. The zero-order valence-electron chi connectivity index (χ0n) is 13.1. The zero-order valence-corrected chi connectivity index (χ0v) is 15.5. The second-order valence-electron chi connectivity index (χ2n) is 5.51. The molecule has 132 valence electrons. The molecule has 0 saturated carbocycles. The number of hydrogen-bond donors (Lipinski definition) is 1. The van der Waals surface area contributed by atoms with Crippen molar-refractivity contribution in [3.8, 4) is 0 Å². The van der Waals surface area contributed by atoms with E-state index in [9.17, 15) is 18.0 Å². The summed E-state index contributed by atoms with van der Waals surface area (Å²) >= 11 is 7.22. The summed E-state index contributed by atoms with van der Waals surface area (Å²) < 4.78 is 27.5. The highest BCUT2D eigenvalue weighted by Crippen LogP contribution is 2.24. The lowest BCUT2D eigenvalue weighted by atomic mass is 10.2. The van der Waals surface area contributed by atoms with Crippen LogP contribution in [0.15, 0.2) is 18.2 Å². The Morgan fingerprint density at radius 2 is 2.17 bits per heavy atom. The van der Waals surface area contributed by atoms with Crippen molar-refractivity contribution < 1.29 is 22.7 Å². The van der Waals surface area contributed by atoms with E-state index in [1.165, 1.54) is 11.8 Å². The SMILES string of the molecule is Cc1ccc(NC(=O)COC(=O)CS[C@H]2CCS(=O)(=O)C2)cc1Cl. The molecule has 9 heteroatoms. The molecule has 1 aromatic rings. The highest BCUT2D eigenvalue weighted by molar-refractivity contribution is 8.02. The number of carbonyl (C=O) groups excluding carboxylic acids is 2. The Balaban J connectivity index is 1.69. The van der Waals surface area contributed by atoms with Gasteiger partial charge in [-0.3, -0.25) is 9.59 Å². The van der Waals surface area contributed by atoms with Crippen molar-refractivity contribution in [2.75, 3.05) is 29.2 Å². The number of carbonyl (C=O) groups is 2. The molecule has 1 saturated heterocycles. The molecule has 0 spiro atoms. The van der Waals surface area contributed by atoms with Crippen LogP contribution in [0, 0.1) is 6.92 Å². The first-order chi connectivity index (χ1) is 11.2. The summed E-state index contributed by atoms with van der Waals surface area (Å²) in [6.45, 7) is 1.46. The van der Waals surface area contributed by atoms with Crippen LogP contribution in [-0.2, 0) is 24.2 Å². The Morgan fingerprint density at radius 1 is 1.42 bits per heavy atom. The van der Waals surface area contributed by atoms with Gasteiger partial charge < -0.3 is 10.1 Å². The first kappa shape index (κ1) is 19.1. The van der Waals surface area contributed by atoms with Crippen molar-refractivity contribution in [2.45, 2.75) is 18.6 Å². The van der Waals surface area contributed by atoms with E-state index < -0.39 is 28.3 Å². The van der Waals surface area contributed by atoms with E-state index in [1.807, 2.05) is 6.92 Å². The third kappa shape index (κ3) is 5.99. The fourth-order valence-corrected chi connectivity index (χ4v) is 5.75. The second kappa shape index (κ2) is 8.22. The van der Waals surface area contributed by atoms with Gasteiger partial charge in [0.1, 0.15) is 0 Å². The maximum absolute atomic E-state index is 11.7. The number of rotatable bonds is 6. The third-order valence-electron chi connectivity index (χ3n) is 3.45. The van der Waals surface area contributed by atoms with Crippen LogP contribution in [-0.4, -0.2) is 49.4 Å². The van der Waals surface area contributed by atoms with E-state index >= 15 is 0 Å². The third-order valence-corrected chi connectivity index (χ3v) is 7.11. The number of benzene rings is 1. The fourth-order valence-electron chi connectivity index (χ4n) is 2.13. The highest BCUT2D eigenvalue weighted by Gasteiger charge is 2.28. The van der Waals surface area contributed by atoms with E-state index in [-0.39, 0.29) is 22.5 Å². The minimum absolute atomic E-state index is 0.0316. The Bertz CT molecular complexity index is 735. The summed E-state index contributed by atoms with van der Waals surface area (Å²) in [7, 11) is -2.96. The topological polar surface area (TPSA) is 89.5 Å². The zero-order chi connectivity index (χ0) is 17.7. The maximum atomic E-state index is 11.7. The average molecular weight is 392 g/mol. The van der Waals surface area contributed by atoms with Gasteiger partial charge >= 0.3 is 5.97 Å². The van der Waals surface area contributed by atoms with Gasteiger partial charge in [0.25, 0.3) is 5.91 Å². The molecular formula is C15H18ClNO5S2. The molecule has 0 radical (unpaired) electrons. The van der Waals surface area contributed by atoms with Crippen molar-refractivity contribution in [1.82, 2.24) is 0 Å². The molecule has 1 aliphatic heterocycles. The minimum atomic E-state index is -2.96. The number of ether oxygens (including phenoxy) is 1. The first-order valence-corrected chi connectivity index (χ1v) is 10.5. The van der Waals surface area contributed by atoms with Gasteiger partial charge in [0.2, 0.25) is 0 Å². The summed E-state index contributed by atoms with van der Waals surface area (Å²) in [6.07, 6.45) is 0.551. The van der Waals surface area contributed by atoms with Crippen molar-refractivity contribution in [2.24, 2.45) is 0 Å². The summed E-state index contributed by atoms with van der Waals surface area (Å²) in [5.74, 6) is -0.705. The number of amides is 1.